The number of aryl methyl sites for hydroxylation is 1. The highest BCUT2D eigenvalue weighted by Crippen LogP contribution is 2.17. The van der Waals surface area contributed by atoms with Crippen LogP contribution < -0.4 is 0 Å². The smallest absolute Gasteiger partial charge is 0.173 e. The lowest BCUT2D eigenvalue weighted by atomic mass is 9.96. The Morgan fingerprint density at radius 1 is 1.40 bits per heavy atom. The van der Waals surface area contributed by atoms with Crippen molar-refractivity contribution < 1.29 is 13.6 Å². The van der Waals surface area contributed by atoms with Crippen LogP contribution in [0.3, 0.4) is 0 Å². The Hall–Kier alpha value is -1.25. The summed E-state index contributed by atoms with van der Waals surface area (Å²) in [5.41, 5.74) is -0.515. The SMILES string of the molecule is Cc1ccc(F)cc1CC(=O)C(C)(C)F. The molecule has 0 heterocycles. The Balaban J connectivity index is 2.90. The Bertz CT molecular complexity index is 378. The summed E-state index contributed by atoms with van der Waals surface area (Å²) in [5.74, 6) is -0.934. The van der Waals surface area contributed by atoms with Crippen molar-refractivity contribution >= 4 is 5.78 Å². The number of benzene rings is 1. The second-order valence-corrected chi connectivity index (χ2v) is 4.14. The molecule has 82 valence electrons. The Kier molecular flexibility index (Phi) is 3.22. The Morgan fingerprint density at radius 2 is 2.00 bits per heavy atom. The van der Waals surface area contributed by atoms with Gasteiger partial charge in [0.05, 0.1) is 0 Å². The van der Waals surface area contributed by atoms with Crippen molar-refractivity contribution in [2.45, 2.75) is 32.9 Å². The number of ketones is 1. The zero-order valence-corrected chi connectivity index (χ0v) is 9.10. The number of halogens is 2. The van der Waals surface area contributed by atoms with Gasteiger partial charge in [0, 0.05) is 6.42 Å². The molecule has 0 aromatic heterocycles. The molecule has 1 nitrogen and oxygen atoms in total. The van der Waals surface area contributed by atoms with Gasteiger partial charge in [-0.25, -0.2) is 8.78 Å². The molecule has 0 amide bonds. The average molecular weight is 212 g/mol. The van der Waals surface area contributed by atoms with Gasteiger partial charge in [0.15, 0.2) is 11.5 Å². The predicted molar refractivity (Wildman–Crippen MR) is 55.0 cm³/mol. The lowest BCUT2D eigenvalue weighted by molar-refractivity contribution is -0.127. The van der Waals surface area contributed by atoms with Crippen LogP contribution in [-0.2, 0) is 11.2 Å². The molecule has 0 aliphatic rings. The lowest BCUT2D eigenvalue weighted by Gasteiger charge is -2.13. The zero-order valence-electron chi connectivity index (χ0n) is 9.10. The lowest BCUT2D eigenvalue weighted by Crippen LogP contribution is -2.27. The van der Waals surface area contributed by atoms with Crippen LogP contribution in [0.2, 0.25) is 0 Å². The number of rotatable bonds is 3. The van der Waals surface area contributed by atoms with E-state index in [-0.39, 0.29) is 6.42 Å². The minimum atomic E-state index is -1.86. The number of Topliss-reactive ketones (excluding diaryl/α,β-unsaturated/α-hetero) is 1. The van der Waals surface area contributed by atoms with E-state index in [0.717, 1.165) is 5.56 Å². The molecule has 3 heteroatoms. The van der Waals surface area contributed by atoms with Gasteiger partial charge in [0.25, 0.3) is 0 Å². The Labute approximate surface area is 88.1 Å². The van der Waals surface area contributed by atoms with Crippen LogP contribution >= 0.6 is 0 Å². The van der Waals surface area contributed by atoms with E-state index in [0.29, 0.717) is 5.56 Å². The quantitative estimate of drug-likeness (QED) is 0.752. The molecule has 0 radical (unpaired) electrons. The van der Waals surface area contributed by atoms with Crippen LogP contribution in [-0.4, -0.2) is 11.5 Å². The molecular formula is C12H14F2O. The normalized spacial score (nSPS) is 11.5. The fourth-order valence-electron chi connectivity index (χ4n) is 1.21. The van der Waals surface area contributed by atoms with Gasteiger partial charge in [0.2, 0.25) is 0 Å². The summed E-state index contributed by atoms with van der Waals surface area (Å²) in [6, 6.07) is 4.19. The van der Waals surface area contributed by atoms with Gasteiger partial charge in [-0.05, 0) is 44.0 Å². The number of hydrogen-bond acceptors (Lipinski definition) is 1. The third kappa shape index (κ3) is 3.11. The highest BCUT2D eigenvalue weighted by molar-refractivity contribution is 5.88. The van der Waals surface area contributed by atoms with E-state index in [1.807, 2.05) is 0 Å². The largest absolute Gasteiger partial charge is 0.296 e. The summed E-state index contributed by atoms with van der Waals surface area (Å²) in [6.45, 7) is 4.20. The molecule has 1 aromatic carbocycles. The highest BCUT2D eigenvalue weighted by atomic mass is 19.1. The molecular weight excluding hydrogens is 198 g/mol. The van der Waals surface area contributed by atoms with E-state index in [1.54, 1.807) is 13.0 Å². The molecule has 0 saturated carbocycles. The topological polar surface area (TPSA) is 17.1 Å². The monoisotopic (exact) mass is 212 g/mol. The standard InChI is InChI=1S/C12H14F2O/c1-8-4-5-10(13)6-9(8)7-11(15)12(2,3)14/h4-6H,7H2,1-3H3. The molecule has 0 aliphatic carbocycles. The van der Waals surface area contributed by atoms with Crippen LogP contribution in [0.4, 0.5) is 8.78 Å². The minimum Gasteiger partial charge on any atom is -0.296 e. The van der Waals surface area contributed by atoms with E-state index in [1.165, 1.54) is 26.0 Å². The molecule has 1 rings (SSSR count). The molecule has 0 unspecified atom stereocenters. The van der Waals surface area contributed by atoms with Crippen LogP contribution in [0.5, 0.6) is 0 Å². The maximum absolute atomic E-state index is 13.3. The summed E-state index contributed by atoms with van der Waals surface area (Å²) in [7, 11) is 0. The van der Waals surface area contributed by atoms with Crippen LogP contribution in [0.1, 0.15) is 25.0 Å². The van der Waals surface area contributed by atoms with Crippen molar-refractivity contribution in [3.05, 3.63) is 35.1 Å². The van der Waals surface area contributed by atoms with Gasteiger partial charge in [-0.3, -0.25) is 4.79 Å². The van der Waals surface area contributed by atoms with Gasteiger partial charge in [-0.1, -0.05) is 6.07 Å². The summed E-state index contributed by atoms with van der Waals surface area (Å²) in [5, 5.41) is 0. The average Bonchev–Trinajstić information content (AvgIpc) is 2.09. The highest BCUT2D eigenvalue weighted by Gasteiger charge is 2.26. The van der Waals surface area contributed by atoms with E-state index in [4.69, 9.17) is 0 Å². The molecule has 1 aromatic rings. The fourth-order valence-corrected chi connectivity index (χ4v) is 1.21. The molecule has 0 atom stereocenters. The number of alkyl halides is 1. The molecule has 0 saturated heterocycles. The molecule has 0 aliphatic heterocycles. The van der Waals surface area contributed by atoms with Gasteiger partial charge >= 0.3 is 0 Å². The third-order valence-electron chi connectivity index (χ3n) is 2.33. The summed E-state index contributed by atoms with van der Waals surface area (Å²) >= 11 is 0. The van der Waals surface area contributed by atoms with E-state index in [2.05, 4.69) is 0 Å². The minimum absolute atomic E-state index is 0.0624. The second-order valence-electron chi connectivity index (χ2n) is 4.14. The van der Waals surface area contributed by atoms with E-state index in [9.17, 15) is 13.6 Å². The van der Waals surface area contributed by atoms with Crippen molar-refractivity contribution in [1.82, 2.24) is 0 Å². The maximum Gasteiger partial charge on any atom is 0.173 e. The van der Waals surface area contributed by atoms with Crippen molar-refractivity contribution in [3.63, 3.8) is 0 Å². The summed E-state index contributed by atoms with van der Waals surface area (Å²) in [6.07, 6.45) is -0.0624. The van der Waals surface area contributed by atoms with Gasteiger partial charge < -0.3 is 0 Å². The fraction of sp³-hybridized carbons (Fsp3) is 0.417. The number of hydrogen-bond donors (Lipinski definition) is 0. The zero-order chi connectivity index (χ0) is 11.6. The predicted octanol–water partition coefficient (Wildman–Crippen LogP) is 2.99. The molecule has 15 heavy (non-hydrogen) atoms. The maximum atomic E-state index is 13.3. The first-order chi connectivity index (χ1) is 6.80. The number of carbonyl (C=O) groups is 1. The van der Waals surface area contributed by atoms with Crippen molar-refractivity contribution in [2.75, 3.05) is 0 Å². The van der Waals surface area contributed by atoms with Crippen LogP contribution in [0.25, 0.3) is 0 Å². The van der Waals surface area contributed by atoms with Gasteiger partial charge in [-0.15, -0.1) is 0 Å². The molecule has 0 bridgehead atoms. The molecule has 0 fully saturated rings. The first-order valence-corrected chi connectivity index (χ1v) is 4.78. The summed E-state index contributed by atoms with van der Waals surface area (Å²) < 4.78 is 26.1. The molecule has 0 N–H and O–H groups in total. The van der Waals surface area contributed by atoms with Gasteiger partial charge in [0.1, 0.15) is 5.82 Å². The van der Waals surface area contributed by atoms with Crippen LogP contribution in [0.15, 0.2) is 18.2 Å². The second kappa shape index (κ2) is 4.09. The van der Waals surface area contributed by atoms with Crippen LogP contribution in [0, 0.1) is 12.7 Å². The van der Waals surface area contributed by atoms with E-state index < -0.39 is 17.3 Å². The first-order valence-electron chi connectivity index (χ1n) is 4.78. The van der Waals surface area contributed by atoms with Crippen molar-refractivity contribution in [3.8, 4) is 0 Å². The van der Waals surface area contributed by atoms with Crippen molar-refractivity contribution in [1.29, 1.82) is 0 Å². The summed E-state index contributed by atoms with van der Waals surface area (Å²) in [4.78, 5) is 11.4. The van der Waals surface area contributed by atoms with Crippen molar-refractivity contribution in [2.24, 2.45) is 0 Å². The Morgan fingerprint density at radius 3 is 2.53 bits per heavy atom. The third-order valence-corrected chi connectivity index (χ3v) is 2.33. The van der Waals surface area contributed by atoms with E-state index >= 15 is 0 Å². The number of carbonyl (C=O) groups excluding carboxylic acids is 1. The van der Waals surface area contributed by atoms with Gasteiger partial charge in [-0.2, -0.15) is 0 Å². The first kappa shape index (κ1) is 11.8. The molecule has 0 spiro atoms.